The summed E-state index contributed by atoms with van der Waals surface area (Å²) in [5.41, 5.74) is 1.03. The number of allylic oxidation sites excluding steroid dienone is 5. The second kappa shape index (κ2) is 4.49. The van der Waals surface area contributed by atoms with E-state index in [9.17, 15) is 8.42 Å². The first-order valence-electron chi connectivity index (χ1n) is 6.47. The first-order valence-corrected chi connectivity index (χ1v) is 7.95. The summed E-state index contributed by atoms with van der Waals surface area (Å²) in [6, 6.07) is 8.71. The Morgan fingerprint density at radius 1 is 1.16 bits per heavy atom. The number of hydrogen-bond donors (Lipinski definition) is 0. The van der Waals surface area contributed by atoms with Gasteiger partial charge in [-0.2, -0.15) is 0 Å². The van der Waals surface area contributed by atoms with Crippen LogP contribution < -0.4 is 0 Å². The van der Waals surface area contributed by atoms with Gasteiger partial charge in [0.15, 0.2) is 0 Å². The Hall–Kier alpha value is -1.61. The number of fused-ring (bicyclic) bond motifs is 2. The highest BCUT2D eigenvalue weighted by atomic mass is 32.2. The predicted octanol–water partition coefficient (Wildman–Crippen LogP) is 3.50. The minimum Gasteiger partial charge on any atom is -0.219 e. The van der Waals surface area contributed by atoms with Gasteiger partial charge in [0.05, 0.1) is 9.80 Å². The van der Waals surface area contributed by atoms with E-state index < -0.39 is 9.84 Å². The highest BCUT2D eigenvalue weighted by Gasteiger charge is 2.41. The van der Waals surface area contributed by atoms with Crippen molar-refractivity contribution in [3.8, 4) is 0 Å². The summed E-state index contributed by atoms with van der Waals surface area (Å²) in [6.07, 6.45) is 7.53. The molecule has 19 heavy (non-hydrogen) atoms. The van der Waals surface area contributed by atoms with E-state index >= 15 is 0 Å². The van der Waals surface area contributed by atoms with E-state index in [1.54, 1.807) is 30.3 Å². The molecule has 2 atom stereocenters. The van der Waals surface area contributed by atoms with Crippen LogP contribution in [0.1, 0.15) is 12.8 Å². The molecule has 0 fully saturated rings. The maximum atomic E-state index is 12.8. The summed E-state index contributed by atoms with van der Waals surface area (Å²) in [4.78, 5) is 1.01. The van der Waals surface area contributed by atoms with E-state index in [0.717, 1.165) is 12.0 Å². The predicted molar refractivity (Wildman–Crippen MR) is 76.2 cm³/mol. The zero-order valence-electron chi connectivity index (χ0n) is 10.6. The molecule has 1 aromatic rings. The molecule has 2 unspecified atom stereocenters. The Bertz CT molecular complexity index is 666. The molecular weight excluding hydrogens is 256 g/mol. The molecule has 0 aliphatic heterocycles. The van der Waals surface area contributed by atoms with Crippen LogP contribution in [0, 0.1) is 11.8 Å². The maximum absolute atomic E-state index is 12.8. The second-order valence-corrected chi connectivity index (χ2v) is 6.95. The number of hydrogen-bond acceptors (Lipinski definition) is 2. The van der Waals surface area contributed by atoms with Gasteiger partial charge < -0.3 is 0 Å². The van der Waals surface area contributed by atoms with Crippen LogP contribution in [0.4, 0.5) is 0 Å². The normalized spacial score (nSPS) is 25.1. The highest BCUT2D eigenvalue weighted by molar-refractivity contribution is 7.95. The van der Waals surface area contributed by atoms with Crippen molar-refractivity contribution in [1.82, 2.24) is 0 Å². The third kappa shape index (κ3) is 1.89. The molecule has 0 saturated carbocycles. The number of rotatable bonds is 4. The minimum atomic E-state index is -3.36. The van der Waals surface area contributed by atoms with Crippen molar-refractivity contribution in [2.75, 3.05) is 0 Å². The molecule has 1 aromatic carbocycles. The van der Waals surface area contributed by atoms with Crippen LogP contribution in [-0.2, 0) is 9.84 Å². The summed E-state index contributed by atoms with van der Waals surface area (Å²) in [5.74, 6) is 0.349. The smallest absolute Gasteiger partial charge is 0.203 e. The van der Waals surface area contributed by atoms with Gasteiger partial charge in [0.2, 0.25) is 9.84 Å². The molecule has 2 bridgehead atoms. The number of benzene rings is 1. The van der Waals surface area contributed by atoms with Crippen molar-refractivity contribution < 1.29 is 8.42 Å². The van der Waals surface area contributed by atoms with Gasteiger partial charge in [-0.3, -0.25) is 0 Å². The van der Waals surface area contributed by atoms with E-state index in [2.05, 4.69) is 12.7 Å². The first kappa shape index (κ1) is 12.4. The zero-order valence-corrected chi connectivity index (χ0v) is 11.4. The molecule has 2 aliphatic rings. The maximum Gasteiger partial charge on any atom is 0.203 e. The van der Waals surface area contributed by atoms with Crippen LogP contribution in [0.3, 0.4) is 0 Å². The average molecular weight is 272 g/mol. The Morgan fingerprint density at radius 2 is 1.84 bits per heavy atom. The molecular formula is C16H16O2S. The van der Waals surface area contributed by atoms with Crippen molar-refractivity contribution in [2.24, 2.45) is 11.8 Å². The van der Waals surface area contributed by atoms with E-state index in [0.29, 0.717) is 16.2 Å². The molecule has 3 heteroatoms. The van der Waals surface area contributed by atoms with Gasteiger partial charge in [0, 0.05) is 11.8 Å². The average Bonchev–Trinajstić information content (AvgIpc) is 3.01. The van der Waals surface area contributed by atoms with Crippen LogP contribution in [-0.4, -0.2) is 8.42 Å². The first-order chi connectivity index (χ1) is 9.14. The van der Waals surface area contributed by atoms with E-state index in [-0.39, 0.29) is 11.8 Å². The molecule has 0 saturated heterocycles. The van der Waals surface area contributed by atoms with Crippen LogP contribution >= 0.6 is 0 Å². The summed E-state index contributed by atoms with van der Waals surface area (Å²) in [6.45, 7) is 3.74. The monoisotopic (exact) mass is 272 g/mol. The lowest BCUT2D eigenvalue weighted by Crippen LogP contribution is -2.11. The summed E-state index contributed by atoms with van der Waals surface area (Å²) in [7, 11) is -3.36. The molecule has 3 rings (SSSR count). The molecule has 2 aliphatic carbocycles. The van der Waals surface area contributed by atoms with Gasteiger partial charge in [-0.25, -0.2) is 8.42 Å². The fourth-order valence-corrected chi connectivity index (χ4v) is 5.00. The standard InChI is InChI=1S/C16H16O2S/c1-2-6-15-12-9-10-13(11-12)16(15)19(17,18)14-7-4-3-5-8-14/h2-5,7-10,12-13H,1,6,11H2. The van der Waals surface area contributed by atoms with Crippen LogP contribution in [0.2, 0.25) is 0 Å². The molecule has 98 valence electrons. The number of sulfone groups is 1. The lowest BCUT2D eigenvalue weighted by Gasteiger charge is -2.15. The topological polar surface area (TPSA) is 34.1 Å². The molecule has 0 radical (unpaired) electrons. The van der Waals surface area contributed by atoms with Crippen molar-refractivity contribution in [3.05, 3.63) is 65.6 Å². The Morgan fingerprint density at radius 3 is 2.53 bits per heavy atom. The highest BCUT2D eigenvalue weighted by Crippen LogP contribution is 2.48. The third-order valence-corrected chi connectivity index (χ3v) is 5.93. The van der Waals surface area contributed by atoms with E-state index in [1.807, 2.05) is 12.1 Å². The summed E-state index contributed by atoms with van der Waals surface area (Å²) in [5, 5.41) is 0. The van der Waals surface area contributed by atoms with Gasteiger partial charge in [0.25, 0.3) is 0 Å². The van der Waals surface area contributed by atoms with Crippen LogP contribution in [0.5, 0.6) is 0 Å². The molecule has 0 amide bonds. The Kier molecular flexibility index (Phi) is 2.94. The fraction of sp³-hybridized carbons (Fsp3) is 0.250. The van der Waals surface area contributed by atoms with Gasteiger partial charge in [-0.1, -0.05) is 36.4 Å². The zero-order chi connectivity index (χ0) is 13.5. The van der Waals surface area contributed by atoms with Crippen LogP contribution in [0.25, 0.3) is 0 Å². The van der Waals surface area contributed by atoms with Crippen molar-refractivity contribution in [1.29, 1.82) is 0 Å². The molecule has 0 spiro atoms. The Labute approximate surface area is 114 Å². The largest absolute Gasteiger partial charge is 0.219 e. The van der Waals surface area contributed by atoms with Gasteiger partial charge >= 0.3 is 0 Å². The van der Waals surface area contributed by atoms with Crippen molar-refractivity contribution in [2.45, 2.75) is 17.7 Å². The quantitative estimate of drug-likeness (QED) is 0.786. The fourth-order valence-electron chi connectivity index (χ4n) is 3.08. The van der Waals surface area contributed by atoms with Crippen molar-refractivity contribution in [3.63, 3.8) is 0 Å². The third-order valence-electron chi connectivity index (χ3n) is 3.89. The summed E-state index contributed by atoms with van der Waals surface area (Å²) >= 11 is 0. The molecule has 0 heterocycles. The summed E-state index contributed by atoms with van der Waals surface area (Å²) < 4.78 is 25.6. The Balaban J connectivity index is 2.12. The van der Waals surface area contributed by atoms with Gasteiger partial charge in [-0.15, -0.1) is 6.58 Å². The minimum absolute atomic E-state index is 0.0603. The SMILES string of the molecule is C=CCC1=C(S(=O)(=O)c2ccccc2)C2C=CC1C2. The second-order valence-electron chi connectivity index (χ2n) is 5.03. The molecule has 2 nitrogen and oxygen atoms in total. The lowest BCUT2D eigenvalue weighted by molar-refractivity contribution is 0.596. The van der Waals surface area contributed by atoms with Gasteiger partial charge in [0.1, 0.15) is 0 Å². The molecule has 0 N–H and O–H groups in total. The molecule has 0 aromatic heterocycles. The van der Waals surface area contributed by atoms with Crippen molar-refractivity contribution >= 4 is 9.84 Å². The van der Waals surface area contributed by atoms with E-state index in [4.69, 9.17) is 0 Å². The van der Waals surface area contributed by atoms with E-state index in [1.165, 1.54) is 0 Å². The lowest BCUT2D eigenvalue weighted by atomic mass is 10.0. The van der Waals surface area contributed by atoms with Crippen LogP contribution in [0.15, 0.2) is 70.5 Å². The van der Waals surface area contributed by atoms with Gasteiger partial charge in [-0.05, 0) is 30.5 Å².